The van der Waals surface area contributed by atoms with E-state index in [-0.39, 0.29) is 11.6 Å². The van der Waals surface area contributed by atoms with E-state index in [0.29, 0.717) is 16.8 Å². The number of benzene rings is 3. The maximum atomic E-state index is 13.3. The SMILES string of the molecule is CC(C)Cc1ccc(C(C)C(=O)NN2C(=O)/C(=C\c3ccc(Cl)cc3)N=C2c2ccccc2)cc1. The topological polar surface area (TPSA) is 61.8 Å². The molecule has 1 atom stereocenters. The molecule has 1 heterocycles. The number of rotatable bonds is 7. The lowest BCUT2D eigenvalue weighted by Crippen LogP contribution is -2.48. The van der Waals surface area contributed by atoms with E-state index in [2.05, 4.69) is 36.4 Å². The Morgan fingerprint density at radius 1 is 0.971 bits per heavy atom. The molecule has 0 radical (unpaired) electrons. The van der Waals surface area contributed by atoms with Gasteiger partial charge in [0.1, 0.15) is 5.70 Å². The predicted molar refractivity (Wildman–Crippen MR) is 141 cm³/mol. The maximum absolute atomic E-state index is 13.3. The summed E-state index contributed by atoms with van der Waals surface area (Å²) in [5.41, 5.74) is 6.67. The number of hydrogen-bond donors (Lipinski definition) is 1. The molecule has 2 amide bonds. The van der Waals surface area contributed by atoms with Crippen molar-refractivity contribution in [3.05, 3.63) is 112 Å². The standard InChI is InChI=1S/C29H28ClN3O2/c1-19(2)17-21-9-13-23(14-10-21)20(3)28(34)32-33-27(24-7-5-4-6-8-24)31-26(29(33)35)18-22-11-15-25(30)16-12-22/h4-16,18-20H,17H2,1-3H3,(H,32,34)/b26-18+. The average molecular weight is 486 g/mol. The van der Waals surface area contributed by atoms with Crippen LogP contribution in [0.5, 0.6) is 0 Å². The summed E-state index contributed by atoms with van der Waals surface area (Å²) in [7, 11) is 0. The van der Waals surface area contributed by atoms with Crippen molar-refractivity contribution in [2.24, 2.45) is 10.9 Å². The first-order valence-electron chi connectivity index (χ1n) is 11.7. The van der Waals surface area contributed by atoms with E-state index >= 15 is 0 Å². The molecule has 0 aliphatic carbocycles. The summed E-state index contributed by atoms with van der Waals surface area (Å²) in [6.45, 7) is 6.19. The van der Waals surface area contributed by atoms with Gasteiger partial charge in [0.05, 0.1) is 5.92 Å². The van der Waals surface area contributed by atoms with Gasteiger partial charge in [0.2, 0.25) is 5.91 Å². The number of carbonyl (C=O) groups excluding carboxylic acids is 2. The number of nitrogens with zero attached hydrogens (tertiary/aromatic N) is 2. The molecule has 0 aromatic heterocycles. The Bertz CT molecular complexity index is 1260. The fourth-order valence-electron chi connectivity index (χ4n) is 3.89. The molecule has 5 nitrogen and oxygen atoms in total. The van der Waals surface area contributed by atoms with Gasteiger partial charge in [0.15, 0.2) is 5.84 Å². The summed E-state index contributed by atoms with van der Waals surface area (Å²) in [6, 6.07) is 24.5. The lowest BCUT2D eigenvalue weighted by molar-refractivity contribution is -0.134. The zero-order chi connectivity index (χ0) is 24.9. The van der Waals surface area contributed by atoms with E-state index in [1.54, 1.807) is 18.2 Å². The van der Waals surface area contributed by atoms with Crippen LogP contribution in [0.25, 0.3) is 6.08 Å². The molecule has 3 aromatic carbocycles. The van der Waals surface area contributed by atoms with Gasteiger partial charge in [0, 0.05) is 10.6 Å². The van der Waals surface area contributed by atoms with Crippen LogP contribution in [-0.2, 0) is 16.0 Å². The Morgan fingerprint density at radius 3 is 2.26 bits per heavy atom. The normalized spacial score (nSPS) is 15.5. The summed E-state index contributed by atoms with van der Waals surface area (Å²) in [5.74, 6) is -0.188. The number of amides is 2. The van der Waals surface area contributed by atoms with Gasteiger partial charge in [-0.2, -0.15) is 5.01 Å². The minimum atomic E-state index is -0.447. The van der Waals surface area contributed by atoms with Crippen LogP contribution >= 0.6 is 11.6 Å². The predicted octanol–water partition coefficient (Wildman–Crippen LogP) is 6.00. The minimum Gasteiger partial charge on any atom is -0.273 e. The van der Waals surface area contributed by atoms with Crippen molar-refractivity contribution in [3.8, 4) is 0 Å². The molecule has 0 spiro atoms. The first kappa shape index (κ1) is 24.4. The maximum Gasteiger partial charge on any atom is 0.297 e. The van der Waals surface area contributed by atoms with Crippen LogP contribution < -0.4 is 5.43 Å². The van der Waals surface area contributed by atoms with Gasteiger partial charge in [-0.1, -0.05) is 92.2 Å². The zero-order valence-electron chi connectivity index (χ0n) is 20.0. The second kappa shape index (κ2) is 10.7. The van der Waals surface area contributed by atoms with Crippen LogP contribution in [0.1, 0.15) is 48.9 Å². The largest absolute Gasteiger partial charge is 0.297 e. The monoisotopic (exact) mass is 485 g/mol. The number of nitrogens with one attached hydrogen (secondary N) is 1. The highest BCUT2D eigenvalue weighted by atomic mass is 35.5. The van der Waals surface area contributed by atoms with Gasteiger partial charge in [-0.15, -0.1) is 0 Å². The first-order chi connectivity index (χ1) is 16.8. The third kappa shape index (κ3) is 5.87. The van der Waals surface area contributed by atoms with E-state index in [0.717, 1.165) is 23.1 Å². The molecule has 3 aromatic rings. The highest BCUT2D eigenvalue weighted by molar-refractivity contribution is 6.30. The molecule has 0 saturated heterocycles. The number of carbonyl (C=O) groups is 2. The number of halogens is 1. The molecule has 0 bridgehead atoms. The van der Waals surface area contributed by atoms with Crippen molar-refractivity contribution in [2.45, 2.75) is 33.1 Å². The van der Waals surface area contributed by atoms with Gasteiger partial charge in [-0.05, 0) is 54.2 Å². The van der Waals surface area contributed by atoms with Crippen LogP contribution in [0, 0.1) is 5.92 Å². The van der Waals surface area contributed by atoms with Gasteiger partial charge < -0.3 is 0 Å². The Morgan fingerprint density at radius 2 is 1.63 bits per heavy atom. The van der Waals surface area contributed by atoms with Gasteiger partial charge in [-0.25, -0.2) is 4.99 Å². The number of aliphatic imine (C=N–C) groups is 1. The average Bonchev–Trinajstić information content (AvgIpc) is 3.15. The summed E-state index contributed by atoms with van der Waals surface area (Å²) in [4.78, 5) is 31.1. The van der Waals surface area contributed by atoms with Crippen molar-refractivity contribution < 1.29 is 9.59 Å². The third-order valence-electron chi connectivity index (χ3n) is 5.80. The van der Waals surface area contributed by atoms with Gasteiger partial charge in [-0.3, -0.25) is 15.0 Å². The van der Waals surface area contributed by atoms with Crippen molar-refractivity contribution >= 4 is 35.3 Å². The van der Waals surface area contributed by atoms with Gasteiger partial charge >= 0.3 is 0 Å². The number of amidine groups is 1. The Hall–Kier alpha value is -3.70. The van der Waals surface area contributed by atoms with E-state index in [9.17, 15) is 9.59 Å². The molecule has 1 aliphatic rings. The zero-order valence-corrected chi connectivity index (χ0v) is 20.8. The van der Waals surface area contributed by atoms with E-state index in [1.165, 1.54) is 10.6 Å². The molecular formula is C29H28ClN3O2. The molecule has 0 saturated carbocycles. The van der Waals surface area contributed by atoms with Crippen LogP contribution in [0.3, 0.4) is 0 Å². The second-order valence-electron chi connectivity index (χ2n) is 9.06. The van der Waals surface area contributed by atoms with Crippen LogP contribution in [0.4, 0.5) is 0 Å². The van der Waals surface area contributed by atoms with Crippen LogP contribution in [0.2, 0.25) is 5.02 Å². The molecular weight excluding hydrogens is 458 g/mol. The Balaban J connectivity index is 1.58. The molecule has 1 unspecified atom stereocenters. The minimum absolute atomic E-state index is 0.233. The lowest BCUT2D eigenvalue weighted by atomic mass is 9.96. The smallest absolute Gasteiger partial charge is 0.273 e. The fourth-order valence-corrected chi connectivity index (χ4v) is 4.02. The van der Waals surface area contributed by atoms with Crippen LogP contribution in [0.15, 0.2) is 89.6 Å². The van der Waals surface area contributed by atoms with E-state index in [1.807, 2.05) is 61.5 Å². The van der Waals surface area contributed by atoms with Crippen LogP contribution in [-0.4, -0.2) is 22.7 Å². The highest BCUT2D eigenvalue weighted by Crippen LogP contribution is 2.23. The summed E-state index contributed by atoms with van der Waals surface area (Å²) < 4.78 is 0. The van der Waals surface area contributed by atoms with Crippen molar-refractivity contribution in [1.29, 1.82) is 0 Å². The lowest BCUT2D eigenvalue weighted by Gasteiger charge is -2.22. The van der Waals surface area contributed by atoms with E-state index < -0.39 is 11.8 Å². The molecule has 35 heavy (non-hydrogen) atoms. The fraction of sp³-hybridized carbons (Fsp3) is 0.207. The molecule has 6 heteroatoms. The van der Waals surface area contributed by atoms with Crippen molar-refractivity contribution in [2.75, 3.05) is 0 Å². The Kier molecular flexibility index (Phi) is 7.47. The Labute approximate surface area is 211 Å². The number of hydrogen-bond acceptors (Lipinski definition) is 3. The van der Waals surface area contributed by atoms with Crippen molar-refractivity contribution in [1.82, 2.24) is 10.4 Å². The summed E-state index contributed by atoms with van der Waals surface area (Å²) in [5, 5.41) is 1.85. The quantitative estimate of drug-likeness (QED) is 0.417. The molecule has 0 fully saturated rings. The summed E-state index contributed by atoms with van der Waals surface area (Å²) >= 11 is 5.98. The first-order valence-corrected chi connectivity index (χ1v) is 12.0. The highest BCUT2D eigenvalue weighted by Gasteiger charge is 2.33. The second-order valence-corrected chi connectivity index (χ2v) is 9.50. The molecule has 1 aliphatic heterocycles. The van der Waals surface area contributed by atoms with Crippen molar-refractivity contribution in [3.63, 3.8) is 0 Å². The van der Waals surface area contributed by atoms with Gasteiger partial charge in [0.25, 0.3) is 5.91 Å². The third-order valence-corrected chi connectivity index (χ3v) is 6.06. The molecule has 1 N–H and O–H groups in total. The summed E-state index contributed by atoms with van der Waals surface area (Å²) in [6.07, 6.45) is 2.67. The van der Waals surface area contributed by atoms with E-state index in [4.69, 9.17) is 11.6 Å². The molecule has 178 valence electrons. The number of hydrazine groups is 1. The molecule has 4 rings (SSSR count).